The number of furan rings is 1. The zero-order valence-corrected chi connectivity index (χ0v) is 6.38. The molecule has 4 heteroatoms. The third-order valence-corrected chi connectivity index (χ3v) is 1.71. The molecule has 0 N–H and O–H groups in total. The van der Waals surface area contributed by atoms with Gasteiger partial charge in [-0.1, -0.05) is 0 Å². The van der Waals surface area contributed by atoms with Crippen LogP contribution in [0.2, 0.25) is 0 Å². The molecule has 0 saturated carbocycles. The van der Waals surface area contributed by atoms with E-state index in [0.29, 0.717) is 11.7 Å². The van der Waals surface area contributed by atoms with Gasteiger partial charge in [0.15, 0.2) is 23.4 Å². The molecule has 13 heavy (non-hydrogen) atoms. The molecule has 0 amide bonds. The first-order valence-corrected chi connectivity index (χ1v) is 3.55. The van der Waals surface area contributed by atoms with Crippen LogP contribution in [0.1, 0.15) is 10.6 Å². The highest BCUT2D eigenvalue weighted by Crippen LogP contribution is 2.23. The Morgan fingerprint density at radius 2 is 2.08 bits per heavy atom. The van der Waals surface area contributed by atoms with E-state index in [1.165, 1.54) is 12.1 Å². The molecule has 0 aliphatic rings. The van der Waals surface area contributed by atoms with Crippen molar-refractivity contribution in [1.82, 2.24) is 0 Å². The quantitative estimate of drug-likeness (QED) is 0.634. The lowest BCUT2D eigenvalue weighted by molar-refractivity contribution is 0.110. The molecule has 1 heterocycles. The van der Waals surface area contributed by atoms with Gasteiger partial charge in [0.1, 0.15) is 0 Å². The van der Waals surface area contributed by atoms with Crippen molar-refractivity contribution in [3.05, 3.63) is 35.6 Å². The molecule has 0 saturated heterocycles. The van der Waals surface area contributed by atoms with E-state index in [4.69, 9.17) is 4.42 Å². The van der Waals surface area contributed by atoms with Crippen LogP contribution in [0.15, 0.2) is 22.6 Å². The van der Waals surface area contributed by atoms with Crippen LogP contribution in [0.5, 0.6) is 0 Å². The van der Waals surface area contributed by atoms with Crippen LogP contribution < -0.4 is 0 Å². The number of benzene rings is 1. The Hall–Kier alpha value is -1.71. The number of hydrogen-bond donors (Lipinski definition) is 0. The first kappa shape index (κ1) is 7.91. The number of fused-ring (bicyclic) bond motifs is 1. The zero-order valence-electron chi connectivity index (χ0n) is 6.38. The summed E-state index contributed by atoms with van der Waals surface area (Å²) in [6.07, 6.45) is 0.442. The molecule has 1 aromatic carbocycles. The van der Waals surface area contributed by atoms with Crippen molar-refractivity contribution in [2.24, 2.45) is 0 Å². The van der Waals surface area contributed by atoms with E-state index < -0.39 is 11.6 Å². The van der Waals surface area contributed by atoms with Crippen LogP contribution in [0.3, 0.4) is 0 Å². The van der Waals surface area contributed by atoms with Crippen LogP contribution in [-0.2, 0) is 0 Å². The van der Waals surface area contributed by atoms with Gasteiger partial charge in [0.25, 0.3) is 0 Å². The Morgan fingerprint density at radius 1 is 1.31 bits per heavy atom. The van der Waals surface area contributed by atoms with Crippen molar-refractivity contribution >= 4 is 17.3 Å². The molecule has 1 aromatic heterocycles. The van der Waals surface area contributed by atoms with Crippen molar-refractivity contribution in [2.45, 2.75) is 0 Å². The lowest BCUT2D eigenvalue weighted by atomic mass is 10.2. The predicted octanol–water partition coefficient (Wildman–Crippen LogP) is 2.52. The Kier molecular flexibility index (Phi) is 1.62. The summed E-state index contributed by atoms with van der Waals surface area (Å²) in [6, 6.07) is 3.69. The Labute approximate surface area is 71.8 Å². The number of carbonyl (C=O) groups is 1. The lowest BCUT2D eigenvalue weighted by Crippen LogP contribution is -1.81. The van der Waals surface area contributed by atoms with Gasteiger partial charge in [-0.25, -0.2) is 4.39 Å². The summed E-state index contributed by atoms with van der Waals surface area (Å²) < 4.78 is 30.3. The Morgan fingerprint density at radius 3 is 2.77 bits per heavy atom. The highest BCUT2D eigenvalue weighted by Gasteiger charge is 2.11. The normalized spacial score (nSPS) is 10.6. The van der Waals surface area contributed by atoms with Gasteiger partial charge in [0.2, 0.25) is 5.82 Å². The standard InChI is InChI=1S/C9H4F2O2/c10-7-2-1-5-3-6(4-12)13-9(5)8(7)11/h1-4H. The lowest BCUT2D eigenvalue weighted by Gasteiger charge is -1.91. The molecular formula is C9H4F2O2. The van der Waals surface area contributed by atoms with Crippen molar-refractivity contribution in [2.75, 3.05) is 0 Å². The number of rotatable bonds is 1. The van der Waals surface area contributed by atoms with Crippen molar-refractivity contribution in [1.29, 1.82) is 0 Å². The van der Waals surface area contributed by atoms with E-state index >= 15 is 0 Å². The molecule has 2 aromatic rings. The van der Waals surface area contributed by atoms with Crippen LogP contribution >= 0.6 is 0 Å². The monoisotopic (exact) mass is 182 g/mol. The molecule has 0 radical (unpaired) electrons. The number of carbonyl (C=O) groups excluding carboxylic acids is 1. The molecule has 0 atom stereocenters. The highest BCUT2D eigenvalue weighted by molar-refractivity contribution is 5.85. The minimum Gasteiger partial charge on any atom is -0.450 e. The second kappa shape index (κ2) is 2.65. The summed E-state index contributed by atoms with van der Waals surface area (Å²) in [4.78, 5) is 10.3. The fourth-order valence-corrected chi connectivity index (χ4v) is 1.12. The maximum absolute atomic E-state index is 13.0. The van der Waals surface area contributed by atoms with Gasteiger partial charge in [-0.3, -0.25) is 4.79 Å². The molecule has 0 spiro atoms. The van der Waals surface area contributed by atoms with Gasteiger partial charge in [-0.05, 0) is 18.2 Å². The van der Waals surface area contributed by atoms with Gasteiger partial charge in [-0.15, -0.1) is 0 Å². The first-order valence-electron chi connectivity index (χ1n) is 3.55. The number of hydrogen-bond acceptors (Lipinski definition) is 2. The Bertz CT molecular complexity index is 474. The van der Waals surface area contributed by atoms with Gasteiger partial charge < -0.3 is 4.42 Å². The van der Waals surface area contributed by atoms with Gasteiger partial charge in [-0.2, -0.15) is 4.39 Å². The molecule has 0 aliphatic carbocycles. The summed E-state index contributed by atoms with van der Waals surface area (Å²) >= 11 is 0. The topological polar surface area (TPSA) is 30.2 Å². The largest absolute Gasteiger partial charge is 0.450 e. The van der Waals surface area contributed by atoms with E-state index in [-0.39, 0.29) is 11.3 Å². The maximum Gasteiger partial charge on any atom is 0.201 e. The summed E-state index contributed by atoms with van der Waals surface area (Å²) in [5.74, 6) is -2.07. The molecule has 0 fully saturated rings. The van der Waals surface area contributed by atoms with Crippen molar-refractivity contribution in [3.8, 4) is 0 Å². The maximum atomic E-state index is 13.0. The molecule has 0 unspecified atom stereocenters. The average Bonchev–Trinajstić information content (AvgIpc) is 2.55. The van der Waals surface area contributed by atoms with E-state index in [2.05, 4.69) is 0 Å². The van der Waals surface area contributed by atoms with E-state index in [0.717, 1.165) is 6.07 Å². The smallest absolute Gasteiger partial charge is 0.201 e. The zero-order chi connectivity index (χ0) is 9.42. The van der Waals surface area contributed by atoms with Gasteiger partial charge >= 0.3 is 0 Å². The highest BCUT2D eigenvalue weighted by atomic mass is 19.2. The van der Waals surface area contributed by atoms with Crippen molar-refractivity contribution in [3.63, 3.8) is 0 Å². The minimum absolute atomic E-state index is 0.0144. The third kappa shape index (κ3) is 1.11. The SMILES string of the molecule is O=Cc1cc2ccc(F)c(F)c2o1. The molecule has 2 nitrogen and oxygen atoms in total. The van der Waals surface area contributed by atoms with Crippen LogP contribution in [-0.4, -0.2) is 6.29 Å². The van der Waals surface area contributed by atoms with Crippen LogP contribution in [0.4, 0.5) is 8.78 Å². The van der Waals surface area contributed by atoms with Gasteiger partial charge in [0.05, 0.1) is 0 Å². The summed E-state index contributed by atoms with van der Waals surface area (Å²) in [7, 11) is 0. The number of aldehydes is 1. The van der Waals surface area contributed by atoms with Gasteiger partial charge in [0, 0.05) is 5.39 Å². The molecule has 0 aliphatic heterocycles. The van der Waals surface area contributed by atoms with Crippen LogP contribution in [0.25, 0.3) is 11.0 Å². The van der Waals surface area contributed by atoms with Crippen molar-refractivity contribution < 1.29 is 18.0 Å². The fourth-order valence-electron chi connectivity index (χ4n) is 1.12. The second-order valence-electron chi connectivity index (χ2n) is 2.55. The number of halogens is 2. The average molecular weight is 182 g/mol. The molecule has 66 valence electrons. The first-order chi connectivity index (χ1) is 6.22. The summed E-state index contributed by atoms with van der Waals surface area (Å²) in [5, 5.41) is 0.376. The molecular weight excluding hydrogens is 178 g/mol. The summed E-state index contributed by atoms with van der Waals surface area (Å²) in [6.45, 7) is 0. The van der Waals surface area contributed by atoms with Crippen LogP contribution in [0, 0.1) is 11.6 Å². The fraction of sp³-hybridized carbons (Fsp3) is 0. The van der Waals surface area contributed by atoms with E-state index in [9.17, 15) is 13.6 Å². The summed E-state index contributed by atoms with van der Waals surface area (Å²) in [5.41, 5.74) is -0.220. The molecule has 2 rings (SSSR count). The van der Waals surface area contributed by atoms with E-state index in [1.807, 2.05) is 0 Å². The Balaban J connectivity index is 2.83. The predicted molar refractivity (Wildman–Crippen MR) is 41.5 cm³/mol. The molecule has 0 bridgehead atoms. The second-order valence-corrected chi connectivity index (χ2v) is 2.55. The minimum atomic E-state index is -1.06. The third-order valence-electron chi connectivity index (χ3n) is 1.71. The van der Waals surface area contributed by atoms with E-state index in [1.54, 1.807) is 0 Å².